The second-order valence-corrected chi connectivity index (χ2v) is 5.18. The number of amides is 1. The standard InChI is InChI=1S/C12H15FN2OS/c1-8-6-9(13)2-3-10(8)15-12(16)11-7-17-5-4-14-11/h2-3,6,11,14H,4-5,7H2,1H3,(H,15,16). The van der Waals surface area contributed by atoms with Gasteiger partial charge in [0.25, 0.3) is 0 Å². The van der Waals surface area contributed by atoms with Crippen LogP contribution in [0.2, 0.25) is 0 Å². The van der Waals surface area contributed by atoms with E-state index in [2.05, 4.69) is 10.6 Å². The molecule has 0 aliphatic carbocycles. The number of halogens is 1. The molecule has 0 spiro atoms. The van der Waals surface area contributed by atoms with Crippen molar-refractivity contribution < 1.29 is 9.18 Å². The van der Waals surface area contributed by atoms with Gasteiger partial charge in [-0.25, -0.2) is 4.39 Å². The average molecular weight is 254 g/mol. The topological polar surface area (TPSA) is 41.1 Å². The molecule has 1 fully saturated rings. The molecule has 17 heavy (non-hydrogen) atoms. The van der Waals surface area contributed by atoms with Crippen molar-refractivity contribution in [3.8, 4) is 0 Å². The van der Waals surface area contributed by atoms with Gasteiger partial charge in [-0.1, -0.05) is 0 Å². The number of hydrogen-bond acceptors (Lipinski definition) is 3. The molecule has 0 radical (unpaired) electrons. The van der Waals surface area contributed by atoms with Crippen LogP contribution >= 0.6 is 11.8 Å². The van der Waals surface area contributed by atoms with Crippen LogP contribution < -0.4 is 10.6 Å². The van der Waals surface area contributed by atoms with Crippen molar-refractivity contribution in [2.75, 3.05) is 23.4 Å². The van der Waals surface area contributed by atoms with E-state index >= 15 is 0 Å². The Kier molecular flexibility index (Phi) is 4.02. The zero-order chi connectivity index (χ0) is 12.3. The number of hydrogen-bond donors (Lipinski definition) is 2. The normalized spacial score (nSPS) is 20.0. The fourth-order valence-electron chi connectivity index (χ4n) is 1.72. The lowest BCUT2D eigenvalue weighted by atomic mass is 10.2. The van der Waals surface area contributed by atoms with Gasteiger partial charge in [-0.15, -0.1) is 0 Å². The predicted molar refractivity (Wildman–Crippen MR) is 68.9 cm³/mol. The first kappa shape index (κ1) is 12.4. The van der Waals surface area contributed by atoms with Crippen molar-refractivity contribution in [1.29, 1.82) is 0 Å². The van der Waals surface area contributed by atoms with E-state index in [0.717, 1.165) is 23.6 Å². The van der Waals surface area contributed by atoms with Gasteiger partial charge < -0.3 is 10.6 Å². The number of benzene rings is 1. The van der Waals surface area contributed by atoms with E-state index in [0.29, 0.717) is 5.69 Å². The van der Waals surface area contributed by atoms with Crippen molar-refractivity contribution in [2.45, 2.75) is 13.0 Å². The number of anilines is 1. The zero-order valence-electron chi connectivity index (χ0n) is 9.63. The van der Waals surface area contributed by atoms with Gasteiger partial charge >= 0.3 is 0 Å². The third-order valence-electron chi connectivity index (χ3n) is 2.68. The van der Waals surface area contributed by atoms with Crippen molar-refractivity contribution in [2.24, 2.45) is 0 Å². The summed E-state index contributed by atoms with van der Waals surface area (Å²) in [7, 11) is 0. The molecule has 2 rings (SSSR count). The van der Waals surface area contributed by atoms with E-state index in [9.17, 15) is 9.18 Å². The summed E-state index contributed by atoms with van der Waals surface area (Å²) >= 11 is 1.77. The zero-order valence-corrected chi connectivity index (χ0v) is 10.4. The quantitative estimate of drug-likeness (QED) is 0.845. The number of carbonyl (C=O) groups excluding carboxylic acids is 1. The first-order valence-electron chi connectivity index (χ1n) is 5.55. The van der Waals surface area contributed by atoms with E-state index < -0.39 is 0 Å². The molecular formula is C12H15FN2OS. The molecule has 1 heterocycles. The van der Waals surface area contributed by atoms with Gasteiger partial charge in [-0.3, -0.25) is 4.79 Å². The molecule has 1 amide bonds. The molecular weight excluding hydrogens is 239 g/mol. The molecule has 1 saturated heterocycles. The third kappa shape index (κ3) is 3.20. The highest BCUT2D eigenvalue weighted by molar-refractivity contribution is 7.99. The maximum Gasteiger partial charge on any atom is 0.242 e. The highest BCUT2D eigenvalue weighted by Gasteiger charge is 2.21. The maximum atomic E-state index is 12.9. The Labute approximate surface area is 104 Å². The van der Waals surface area contributed by atoms with Crippen LogP contribution in [0.25, 0.3) is 0 Å². The summed E-state index contributed by atoms with van der Waals surface area (Å²) in [5, 5.41) is 5.99. The van der Waals surface area contributed by atoms with E-state index in [1.807, 2.05) is 0 Å². The lowest BCUT2D eigenvalue weighted by molar-refractivity contribution is -0.117. The van der Waals surface area contributed by atoms with Gasteiger partial charge in [-0.2, -0.15) is 11.8 Å². The summed E-state index contributed by atoms with van der Waals surface area (Å²) in [6, 6.07) is 4.21. The lowest BCUT2D eigenvalue weighted by Gasteiger charge is -2.22. The Morgan fingerprint density at radius 2 is 2.41 bits per heavy atom. The van der Waals surface area contributed by atoms with Crippen LogP contribution in [0.15, 0.2) is 18.2 Å². The van der Waals surface area contributed by atoms with E-state index in [1.165, 1.54) is 12.1 Å². The van der Waals surface area contributed by atoms with Crippen LogP contribution in [0, 0.1) is 12.7 Å². The minimum absolute atomic E-state index is 0.0492. The molecule has 0 aromatic heterocycles. The van der Waals surface area contributed by atoms with Crippen LogP contribution in [0.3, 0.4) is 0 Å². The number of carbonyl (C=O) groups is 1. The van der Waals surface area contributed by atoms with Gasteiger partial charge in [-0.05, 0) is 30.7 Å². The summed E-state index contributed by atoms with van der Waals surface area (Å²) in [4.78, 5) is 11.9. The van der Waals surface area contributed by atoms with Gasteiger partial charge in [0.2, 0.25) is 5.91 Å². The summed E-state index contributed by atoms with van der Waals surface area (Å²) < 4.78 is 12.9. The average Bonchev–Trinajstić information content (AvgIpc) is 2.34. The minimum Gasteiger partial charge on any atom is -0.324 e. The summed E-state index contributed by atoms with van der Waals surface area (Å²) in [5.41, 5.74) is 1.41. The summed E-state index contributed by atoms with van der Waals surface area (Å²) in [6.45, 7) is 2.63. The third-order valence-corrected chi connectivity index (χ3v) is 3.75. The maximum absolute atomic E-state index is 12.9. The van der Waals surface area contributed by atoms with Gasteiger partial charge in [0, 0.05) is 23.7 Å². The van der Waals surface area contributed by atoms with Crippen LogP contribution in [-0.2, 0) is 4.79 Å². The summed E-state index contributed by atoms with van der Waals surface area (Å²) in [6.07, 6.45) is 0. The fourth-order valence-corrected chi connectivity index (χ4v) is 2.65. The second-order valence-electron chi connectivity index (χ2n) is 4.03. The smallest absolute Gasteiger partial charge is 0.242 e. The highest BCUT2D eigenvalue weighted by atomic mass is 32.2. The molecule has 1 aliphatic heterocycles. The number of thioether (sulfide) groups is 1. The van der Waals surface area contributed by atoms with Crippen molar-refractivity contribution in [1.82, 2.24) is 5.32 Å². The lowest BCUT2D eigenvalue weighted by Crippen LogP contribution is -2.46. The first-order valence-corrected chi connectivity index (χ1v) is 6.70. The fraction of sp³-hybridized carbons (Fsp3) is 0.417. The molecule has 0 bridgehead atoms. The van der Waals surface area contributed by atoms with E-state index in [4.69, 9.17) is 0 Å². The monoisotopic (exact) mass is 254 g/mol. The first-order chi connectivity index (χ1) is 8.16. The Morgan fingerprint density at radius 1 is 1.59 bits per heavy atom. The SMILES string of the molecule is Cc1cc(F)ccc1NC(=O)C1CSCCN1. The van der Waals surface area contributed by atoms with Gasteiger partial charge in [0.05, 0.1) is 6.04 Å². The van der Waals surface area contributed by atoms with Crippen molar-refractivity contribution in [3.63, 3.8) is 0 Å². The Balaban J connectivity index is 2.02. The highest BCUT2D eigenvalue weighted by Crippen LogP contribution is 2.17. The van der Waals surface area contributed by atoms with Gasteiger partial charge in [0.1, 0.15) is 5.82 Å². The number of rotatable bonds is 2. The van der Waals surface area contributed by atoms with E-state index in [1.54, 1.807) is 24.8 Å². The van der Waals surface area contributed by atoms with Crippen molar-refractivity contribution in [3.05, 3.63) is 29.6 Å². The molecule has 0 saturated carbocycles. The molecule has 1 unspecified atom stereocenters. The van der Waals surface area contributed by atoms with Crippen LogP contribution in [0.5, 0.6) is 0 Å². The molecule has 3 nitrogen and oxygen atoms in total. The molecule has 1 aliphatic rings. The van der Waals surface area contributed by atoms with Crippen LogP contribution in [0.4, 0.5) is 10.1 Å². The Bertz CT molecular complexity index is 419. The molecule has 5 heteroatoms. The number of nitrogens with one attached hydrogen (secondary N) is 2. The molecule has 1 atom stereocenters. The second kappa shape index (κ2) is 5.51. The molecule has 1 aromatic carbocycles. The Hall–Kier alpha value is -1.07. The molecule has 2 N–H and O–H groups in total. The largest absolute Gasteiger partial charge is 0.324 e. The Morgan fingerprint density at radius 3 is 3.06 bits per heavy atom. The molecule has 92 valence electrons. The predicted octanol–water partition coefficient (Wildman–Crippen LogP) is 1.78. The molecule has 1 aromatic rings. The number of aryl methyl sites for hydroxylation is 1. The summed E-state index contributed by atoms with van der Waals surface area (Å²) in [5.74, 6) is 1.49. The van der Waals surface area contributed by atoms with Crippen molar-refractivity contribution >= 4 is 23.4 Å². The van der Waals surface area contributed by atoms with Crippen LogP contribution in [-0.4, -0.2) is 30.0 Å². The minimum atomic E-state index is -0.285. The van der Waals surface area contributed by atoms with Crippen LogP contribution in [0.1, 0.15) is 5.56 Å². The van der Waals surface area contributed by atoms with Gasteiger partial charge in [0.15, 0.2) is 0 Å². The van der Waals surface area contributed by atoms with E-state index in [-0.39, 0.29) is 17.8 Å².